The molecule has 0 saturated carbocycles. The number of fused-ring (bicyclic) bond motifs is 1. The van der Waals surface area contributed by atoms with Crippen LogP contribution in [-0.2, 0) is 0 Å². The molecule has 1 unspecified atom stereocenters. The van der Waals surface area contributed by atoms with Crippen molar-refractivity contribution in [3.05, 3.63) is 23.8 Å². The predicted octanol–water partition coefficient (Wildman–Crippen LogP) is 3.36. The number of aromatic nitrogens is 4. The topological polar surface area (TPSA) is 43.1 Å². The Morgan fingerprint density at radius 2 is 2.17 bits per heavy atom. The van der Waals surface area contributed by atoms with E-state index in [9.17, 15) is 8.78 Å². The molecule has 2 rings (SSSR count). The van der Waals surface area contributed by atoms with E-state index in [2.05, 4.69) is 22.0 Å². The molecule has 18 heavy (non-hydrogen) atoms. The highest BCUT2D eigenvalue weighted by Crippen LogP contribution is 2.25. The van der Waals surface area contributed by atoms with Gasteiger partial charge in [0, 0.05) is 5.69 Å². The molecular formula is C12H16F2N4. The van der Waals surface area contributed by atoms with Crippen LogP contribution in [0, 0.1) is 0 Å². The molecule has 0 aliphatic heterocycles. The van der Waals surface area contributed by atoms with Gasteiger partial charge in [-0.3, -0.25) is 0 Å². The molecule has 0 saturated heterocycles. The number of alkyl halides is 2. The van der Waals surface area contributed by atoms with Crippen LogP contribution in [0.4, 0.5) is 8.78 Å². The zero-order valence-corrected chi connectivity index (χ0v) is 10.5. The van der Waals surface area contributed by atoms with Crippen molar-refractivity contribution >= 4 is 5.78 Å². The van der Waals surface area contributed by atoms with Gasteiger partial charge in [0.2, 0.25) is 0 Å². The minimum atomic E-state index is -2.57. The van der Waals surface area contributed by atoms with Crippen LogP contribution in [-0.4, -0.2) is 19.6 Å². The maximum Gasteiger partial charge on any atom is 0.280 e. The van der Waals surface area contributed by atoms with Gasteiger partial charge in [-0.25, -0.2) is 13.8 Å². The van der Waals surface area contributed by atoms with E-state index in [1.54, 1.807) is 0 Å². The first-order valence-electron chi connectivity index (χ1n) is 6.12. The molecule has 4 nitrogen and oxygen atoms in total. The van der Waals surface area contributed by atoms with Crippen LogP contribution in [0.15, 0.2) is 12.4 Å². The lowest BCUT2D eigenvalue weighted by Gasteiger charge is -2.12. The van der Waals surface area contributed by atoms with Crippen LogP contribution >= 0.6 is 0 Å². The lowest BCUT2D eigenvalue weighted by atomic mass is 10.00. The fourth-order valence-electron chi connectivity index (χ4n) is 1.92. The second-order valence-electron chi connectivity index (χ2n) is 4.42. The van der Waals surface area contributed by atoms with Crippen molar-refractivity contribution in [2.45, 2.75) is 45.5 Å². The summed E-state index contributed by atoms with van der Waals surface area (Å²) in [5, 5.41) is 3.77. The van der Waals surface area contributed by atoms with E-state index in [1.165, 1.54) is 12.4 Å². The standard InChI is InChI=1S/C12H16F2N4/c1-3-4-5-8(2)9-6-10(11(13)14)18-12(17-9)15-7-16-18/h6-8,11H,3-5H2,1-2H3. The summed E-state index contributed by atoms with van der Waals surface area (Å²) in [5.41, 5.74) is 0.523. The van der Waals surface area contributed by atoms with Gasteiger partial charge in [0.25, 0.3) is 12.2 Å². The maximum absolute atomic E-state index is 13.0. The van der Waals surface area contributed by atoms with E-state index in [0.717, 1.165) is 23.8 Å². The SMILES string of the molecule is CCCCC(C)c1cc(C(F)F)n2ncnc2n1. The average molecular weight is 254 g/mol. The molecule has 6 heteroatoms. The Bertz CT molecular complexity index is 524. The van der Waals surface area contributed by atoms with Crippen LogP contribution in [0.2, 0.25) is 0 Å². The molecule has 0 amide bonds. The molecular weight excluding hydrogens is 238 g/mol. The molecule has 98 valence electrons. The zero-order chi connectivity index (χ0) is 13.1. The lowest BCUT2D eigenvalue weighted by molar-refractivity contribution is 0.143. The second-order valence-corrected chi connectivity index (χ2v) is 4.42. The number of unbranched alkanes of at least 4 members (excludes halogenated alkanes) is 1. The molecule has 1 atom stereocenters. The number of hydrogen-bond donors (Lipinski definition) is 0. The Morgan fingerprint density at radius 3 is 2.83 bits per heavy atom. The Balaban J connectivity index is 2.39. The molecule has 0 aliphatic carbocycles. The summed E-state index contributed by atoms with van der Waals surface area (Å²) >= 11 is 0. The Morgan fingerprint density at radius 1 is 1.39 bits per heavy atom. The number of hydrogen-bond acceptors (Lipinski definition) is 3. The first-order valence-corrected chi connectivity index (χ1v) is 6.12. The van der Waals surface area contributed by atoms with Crippen molar-refractivity contribution in [1.29, 1.82) is 0 Å². The molecule has 0 aliphatic rings. The summed E-state index contributed by atoms with van der Waals surface area (Å²) < 4.78 is 27.0. The quantitative estimate of drug-likeness (QED) is 0.821. The largest absolute Gasteiger partial charge is 0.280 e. The highest BCUT2D eigenvalue weighted by atomic mass is 19.3. The van der Waals surface area contributed by atoms with Crippen LogP contribution in [0.5, 0.6) is 0 Å². The van der Waals surface area contributed by atoms with E-state index >= 15 is 0 Å². The van der Waals surface area contributed by atoms with Crippen molar-refractivity contribution in [3.8, 4) is 0 Å². The Kier molecular flexibility index (Phi) is 3.84. The average Bonchev–Trinajstić information content (AvgIpc) is 2.82. The van der Waals surface area contributed by atoms with Crippen molar-refractivity contribution < 1.29 is 8.78 Å². The normalized spacial score (nSPS) is 13.4. The van der Waals surface area contributed by atoms with E-state index in [-0.39, 0.29) is 17.4 Å². The fourth-order valence-corrected chi connectivity index (χ4v) is 1.92. The van der Waals surface area contributed by atoms with Gasteiger partial charge in [-0.2, -0.15) is 14.6 Å². The molecule has 2 aromatic heterocycles. The highest BCUT2D eigenvalue weighted by Gasteiger charge is 2.18. The van der Waals surface area contributed by atoms with Crippen LogP contribution in [0.25, 0.3) is 5.78 Å². The van der Waals surface area contributed by atoms with E-state index in [1.807, 2.05) is 6.92 Å². The Labute approximate surface area is 104 Å². The van der Waals surface area contributed by atoms with Crippen LogP contribution < -0.4 is 0 Å². The van der Waals surface area contributed by atoms with Crippen molar-refractivity contribution in [2.24, 2.45) is 0 Å². The summed E-state index contributed by atoms with van der Waals surface area (Å²) in [4.78, 5) is 8.18. The van der Waals surface area contributed by atoms with Crippen molar-refractivity contribution in [2.75, 3.05) is 0 Å². The van der Waals surface area contributed by atoms with Crippen LogP contribution in [0.3, 0.4) is 0 Å². The monoisotopic (exact) mass is 254 g/mol. The lowest BCUT2D eigenvalue weighted by Crippen LogP contribution is -2.06. The molecule has 0 radical (unpaired) electrons. The maximum atomic E-state index is 13.0. The minimum Gasteiger partial charge on any atom is -0.216 e. The first-order chi connectivity index (χ1) is 8.63. The minimum absolute atomic E-state index is 0.143. The first kappa shape index (κ1) is 12.9. The molecule has 2 aromatic rings. The number of nitrogens with zero attached hydrogens (tertiary/aromatic N) is 4. The molecule has 2 heterocycles. The molecule has 0 spiro atoms. The summed E-state index contributed by atoms with van der Waals surface area (Å²) in [7, 11) is 0. The summed E-state index contributed by atoms with van der Waals surface area (Å²) in [5.74, 6) is 0.398. The molecule has 0 fully saturated rings. The molecule has 0 aromatic carbocycles. The molecule has 0 bridgehead atoms. The van der Waals surface area contributed by atoms with Gasteiger partial charge in [-0.1, -0.05) is 26.7 Å². The fraction of sp³-hybridized carbons (Fsp3) is 0.583. The van der Waals surface area contributed by atoms with E-state index < -0.39 is 6.43 Å². The van der Waals surface area contributed by atoms with Gasteiger partial charge in [0.15, 0.2) is 0 Å². The van der Waals surface area contributed by atoms with Gasteiger partial charge in [0.1, 0.15) is 12.0 Å². The third-order valence-corrected chi connectivity index (χ3v) is 3.02. The third-order valence-electron chi connectivity index (χ3n) is 3.02. The van der Waals surface area contributed by atoms with Gasteiger partial charge < -0.3 is 0 Å². The molecule has 0 N–H and O–H groups in total. The number of halogens is 2. The third kappa shape index (κ3) is 2.47. The van der Waals surface area contributed by atoms with Crippen molar-refractivity contribution in [1.82, 2.24) is 19.6 Å². The summed E-state index contributed by atoms with van der Waals surface area (Å²) in [6.45, 7) is 4.10. The number of rotatable bonds is 5. The van der Waals surface area contributed by atoms with E-state index in [0.29, 0.717) is 5.69 Å². The van der Waals surface area contributed by atoms with E-state index in [4.69, 9.17) is 0 Å². The van der Waals surface area contributed by atoms with Gasteiger partial charge in [-0.05, 0) is 18.4 Å². The predicted molar refractivity (Wildman–Crippen MR) is 63.7 cm³/mol. The van der Waals surface area contributed by atoms with Gasteiger partial charge in [0.05, 0.1) is 0 Å². The summed E-state index contributed by atoms with van der Waals surface area (Å²) in [6.07, 6.45) is 1.75. The summed E-state index contributed by atoms with van der Waals surface area (Å²) in [6, 6.07) is 1.44. The highest BCUT2D eigenvalue weighted by molar-refractivity contribution is 5.31. The zero-order valence-electron chi connectivity index (χ0n) is 10.5. The van der Waals surface area contributed by atoms with Gasteiger partial charge in [-0.15, -0.1) is 0 Å². The second kappa shape index (κ2) is 5.37. The smallest absolute Gasteiger partial charge is 0.216 e. The van der Waals surface area contributed by atoms with Gasteiger partial charge >= 0.3 is 0 Å². The van der Waals surface area contributed by atoms with Crippen molar-refractivity contribution in [3.63, 3.8) is 0 Å². The van der Waals surface area contributed by atoms with Crippen LogP contribution in [0.1, 0.15) is 56.8 Å². The Hall–Kier alpha value is -1.59.